The lowest BCUT2D eigenvalue weighted by molar-refractivity contribution is -0.120. The van der Waals surface area contributed by atoms with Crippen molar-refractivity contribution in [2.75, 3.05) is 18.4 Å². The van der Waals surface area contributed by atoms with E-state index in [1.54, 1.807) is 12.1 Å². The van der Waals surface area contributed by atoms with E-state index >= 15 is 0 Å². The number of carbonyl (C=O) groups excluding carboxylic acids is 1. The molecule has 1 aliphatic rings. The number of carbonyl (C=O) groups is 1. The van der Waals surface area contributed by atoms with Crippen LogP contribution in [-0.2, 0) is 14.8 Å². The number of sulfonamides is 1. The van der Waals surface area contributed by atoms with Gasteiger partial charge in [-0.1, -0.05) is 11.3 Å². The van der Waals surface area contributed by atoms with Crippen molar-refractivity contribution in [3.05, 3.63) is 22.2 Å². The molecule has 0 bridgehead atoms. The third-order valence-corrected chi connectivity index (χ3v) is 8.90. The Hall–Kier alpha value is -1.41. The Kier molecular flexibility index (Phi) is 4.81. The second-order valence-electron chi connectivity index (χ2n) is 5.69. The van der Waals surface area contributed by atoms with Gasteiger partial charge in [-0.15, -0.1) is 26.6 Å². The molecule has 0 spiro atoms. The maximum absolute atomic E-state index is 12.6. The highest BCUT2D eigenvalue weighted by Crippen LogP contribution is 2.31. The summed E-state index contributed by atoms with van der Waals surface area (Å²) in [5.74, 6) is -0.392. The molecule has 138 valence electrons. The van der Waals surface area contributed by atoms with E-state index in [9.17, 15) is 13.2 Å². The highest BCUT2D eigenvalue weighted by atomic mass is 79.9. The van der Waals surface area contributed by atoms with Gasteiger partial charge in [0.1, 0.15) is 10.5 Å². The van der Waals surface area contributed by atoms with Crippen LogP contribution < -0.4 is 5.32 Å². The fourth-order valence-corrected chi connectivity index (χ4v) is 7.10. The smallest absolute Gasteiger partial charge is 0.252 e. The maximum Gasteiger partial charge on any atom is 0.252 e. The fourth-order valence-electron chi connectivity index (χ4n) is 2.74. The minimum atomic E-state index is -3.50. The van der Waals surface area contributed by atoms with Gasteiger partial charge in [0.15, 0.2) is 0 Å². The van der Waals surface area contributed by atoms with Crippen molar-refractivity contribution in [3.63, 3.8) is 0 Å². The van der Waals surface area contributed by atoms with E-state index in [1.807, 2.05) is 0 Å². The number of nitrogens with one attached hydrogen (secondary N) is 1. The summed E-state index contributed by atoms with van der Waals surface area (Å²) in [6, 6.07) is 3.31. The standard InChI is InChI=1S/C13H13BrN6O3S3/c14-9-1-2-10(24-9)26(22,23)19-5-3-8(4-6-19)11(21)16-12-18-20-7-15-17-13(20)25-12/h1-2,7-8H,3-6H2,(H,16,18,21). The van der Waals surface area contributed by atoms with Crippen LogP contribution in [0.2, 0.25) is 0 Å². The number of amides is 1. The van der Waals surface area contributed by atoms with Gasteiger partial charge >= 0.3 is 0 Å². The second kappa shape index (κ2) is 6.96. The minimum absolute atomic E-state index is 0.147. The summed E-state index contributed by atoms with van der Waals surface area (Å²) in [6.45, 7) is 0.641. The molecule has 4 heterocycles. The van der Waals surface area contributed by atoms with Gasteiger partial charge < -0.3 is 5.32 Å². The first-order valence-electron chi connectivity index (χ1n) is 7.67. The molecule has 1 saturated heterocycles. The number of thiophene rings is 1. The minimum Gasteiger partial charge on any atom is -0.300 e. The van der Waals surface area contributed by atoms with Gasteiger partial charge in [0.25, 0.3) is 10.0 Å². The van der Waals surface area contributed by atoms with Crippen LogP contribution in [0.15, 0.2) is 26.5 Å². The Morgan fingerprint density at radius 2 is 2.04 bits per heavy atom. The molecule has 26 heavy (non-hydrogen) atoms. The summed E-state index contributed by atoms with van der Waals surface area (Å²) in [6.07, 6.45) is 2.41. The molecular formula is C13H13BrN6O3S3. The molecule has 1 aliphatic heterocycles. The van der Waals surface area contributed by atoms with E-state index in [4.69, 9.17) is 0 Å². The summed E-state index contributed by atoms with van der Waals surface area (Å²) >= 11 is 5.71. The summed E-state index contributed by atoms with van der Waals surface area (Å²) < 4.78 is 29.3. The van der Waals surface area contributed by atoms with E-state index in [2.05, 4.69) is 36.5 Å². The van der Waals surface area contributed by atoms with Crippen LogP contribution in [0.1, 0.15) is 12.8 Å². The summed E-state index contributed by atoms with van der Waals surface area (Å²) in [5.41, 5.74) is 0. The number of hydrogen-bond acceptors (Lipinski definition) is 8. The van der Waals surface area contributed by atoms with Crippen molar-refractivity contribution in [1.29, 1.82) is 0 Å². The van der Waals surface area contributed by atoms with Crippen molar-refractivity contribution in [1.82, 2.24) is 24.1 Å². The summed E-state index contributed by atoms with van der Waals surface area (Å²) in [4.78, 5) is 13.0. The Morgan fingerprint density at radius 1 is 1.27 bits per heavy atom. The normalized spacial score (nSPS) is 17.0. The number of piperidine rings is 1. The Labute approximate surface area is 165 Å². The lowest BCUT2D eigenvalue weighted by atomic mass is 9.97. The topological polar surface area (TPSA) is 110 Å². The average molecular weight is 477 g/mol. The average Bonchev–Trinajstić information content (AvgIpc) is 3.31. The van der Waals surface area contributed by atoms with Crippen molar-refractivity contribution in [2.45, 2.75) is 17.1 Å². The zero-order valence-corrected chi connectivity index (χ0v) is 17.2. The highest BCUT2D eigenvalue weighted by Gasteiger charge is 2.33. The molecule has 4 rings (SSSR count). The predicted molar refractivity (Wildman–Crippen MR) is 101 cm³/mol. The van der Waals surface area contributed by atoms with Gasteiger partial charge in [0, 0.05) is 19.0 Å². The predicted octanol–water partition coefficient (Wildman–Crippen LogP) is 2.05. The molecule has 0 radical (unpaired) electrons. The van der Waals surface area contributed by atoms with Gasteiger partial charge in [-0.05, 0) is 40.9 Å². The van der Waals surface area contributed by atoms with E-state index < -0.39 is 10.0 Å². The molecule has 0 saturated carbocycles. The first-order chi connectivity index (χ1) is 12.4. The van der Waals surface area contributed by atoms with Crippen molar-refractivity contribution in [3.8, 4) is 0 Å². The van der Waals surface area contributed by atoms with Crippen LogP contribution in [0.4, 0.5) is 5.13 Å². The van der Waals surface area contributed by atoms with E-state index in [-0.39, 0.29) is 11.8 Å². The molecule has 0 aliphatic carbocycles. The molecular weight excluding hydrogens is 464 g/mol. The molecule has 3 aromatic rings. The van der Waals surface area contributed by atoms with E-state index in [0.717, 1.165) is 3.79 Å². The first-order valence-corrected chi connectivity index (χ1v) is 11.5. The molecule has 1 amide bonds. The van der Waals surface area contributed by atoms with Crippen LogP contribution in [0.5, 0.6) is 0 Å². The third-order valence-electron chi connectivity index (χ3n) is 4.08. The highest BCUT2D eigenvalue weighted by molar-refractivity contribution is 9.11. The zero-order chi connectivity index (χ0) is 18.3. The SMILES string of the molecule is O=C(Nc1nn2cnnc2s1)C1CCN(S(=O)(=O)c2ccc(Br)s2)CC1. The van der Waals surface area contributed by atoms with Gasteiger partial charge in [-0.2, -0.15) is 8.82 Å². The van der Waals surface area contributed by atoms with Gasteiger partial charge in [-0.3, -0.25) is 4.79 Å². The second-order valence-corrected chi connectivity index (χ2v) is 11.3. The van der Waals surface area contributed by atoms with Crippen LogP contribution in [0, 0.1) is 5.92 Å². The molecule has 13 heteroatoms. The number of rotatable bonds is 4. The quantitative estimate of drug-likeness (QED) is 0.616. The first kappa shape index (κ1) is 18.0. The van der Waals surface area contributed by atoms with Gasteiger partial charge in [0.05, 0.1) is 3.79 Å². The van der Waals surface area contributed by atoms with Crippen molar-refractivity contribution >= 4 is 64.6 Å². The Bertz CT molecular complexity index is 1020. The summed E-state index contributed by atoms with van der Waals surface area (Å²) in [7, 11) is -3.50. The number of aromatic nitrogens is 4. The largest absolute Gasteiger partial charge is 0.300 e. The molecule has 1 fully saturated rings. The Balaban J connectivity index is 1.38. The maximum atomic E-state index is 12.6. The molecule has 3 aromatic heterocycles. The lowest BCUT2D eigenvalue weighted by Gasteiger charge is -2.29. The lowest BCUT2D eigenvalue weighted by Crippen LogP contribution is -2.41. The summed E-state index contributed by atoms with van der Waals surface area (Å²) in [5, 5.41) is 15.0. The zero-order valence-electron chi connectivity index (χ0n) is 13.2. The molecule has 9 nitrogen and oxygen atoms in total. The van der Waals surface area contributed by atoms with Gasteiger partial charge in [0.2, 0.25) is 16.0 Å². The monoisotopic (exact) mass is 476 g/mol. The number of anilines is 1. The molecule has 1 N–H and O–H groups in total. The van der Waals surface area contributed by atoms with Crippen molar-refractivity contribution in [2.24, 2.45) is 5.92 Å². The van der Waals surface area contributed by atoms with E-state index in [0.29, 0.717) is 40.2 Å². The number of halogens is 1. The Morgan fingerprint density at radius 3 is 2.69 bits per heavy atom. The number of nitrogens with zero attached hydrogens (tertiary/aromatic N) is 5. The van der Waals surface area contributed by atoms with Crippen LogP contribution in [0.25, 0.3) is 4.96 Å². The van der Waals surface area contributed by atoms with Crippen molar-refractivity contribution < 1.29 is 13.2 Å². The van der Waals surface area contributed by atoms with E-state index in [1.165, 1.54) is 37.8 Å². The van der Waals surface area contributed by atoms with Crippen LogP contribution >= 0.6 is 38.6 Å². The van der Waals surface area contributed by atoms with Crippen LogP contribution in [0.3, 0.4) is 0 Å². The molecule has 0 aromatic carbocycles. The van der Waals surface area contributed by atoms with Crippen LogP contribution in [-0.4, -0.2) is 51.5 Å². The molecule has 0 unspecified atom stereocenters. The third kappa shape index (κ3) is 3.41. The van der Waals surface area contributed by atoms with Gasteiger partial charge in [-0.25, -0.2) is 8.42 Å². The number of fused-ring (bicyclic) bond motifs is 1. The number of hydrogen-bond donors (Lipinski definition) is 1. The fraction of sp³-hybridized carbons (Fsp3) is 0.385. The molecule has 0 atom stereocenters.